The summed E-state index contributed by atoms with van der Waals surface area (Å²) in [6.45, 7) is 2.17. The zero-order chi connectivity index (χ0) is 9.42. The van der Waals surface area contributed by atoms with E-state index in [9.17, 15) is 0 Å². The predicted octanol–water partition coefficient (Wildman–Crippen LogP) is 2.94. The van der Waals surface area contributed by atoms with Crippen LogP contribution in [0.25, 0.3) is 0 Å². The van der Waals surface area contributed by atoms with Crippen LogP contribution in [0.4, 0.5) is 0 Å². The molecule has 2 N–H and O–H groups in total. The van der Waals surface area contributed by atoms with Crippen molar-refractivity contribution in [3.63, 3.8) is 0 Å². The van der Waals surface area contributed by atoms with E-state index in [1.165, 1.54) is 33.1 Å². The predicted molar refractivity (Wildman–Crippen MR) is 63.8 cm³/mol. The van der Waals surface area contributed by atoms with E-state index in [0.29, 0.717) is 0 Å². The first-order valence-corrected chi connectivity index (χ1v) is 5.81. The fourth-order valence-corrected chi connectivity index (χ4v) is 2.77. The van der Waals surface area contributed by atoms with Crippen LogP contribution in [-0.4, -0.2) is 0 Å². The van der Waals surface area contributed by atoms with E-state index in [1.807, 2.05) is 0 Å². The first-order valence-electron chi connectivity index (χ1n) is 4.73. The molecule has 1 aliphatic carbocycles. The lowest BCUT2D eigenvalue weighted by atomic mass is 9.87. The highest BCUT2D eigenvalue weighted by molar-refractivity contribution is 14.1. The normalized spacial score (nSPS) is 21.3. The van der Waals surface area contributed by atoms with Crippen LogP contribution in [0.3, 0.4) is 0 Å². The van der Waals surface area contributed by atoms with Gasteiger partial charge in [-0.25, -0.2) is 0 Å². The topological polar surface area (TPSA) is 26.0 Å². The maximum Gasteiger partial charge on any atom is 0.0298 e. The first-order chi connectivity index (χ1) is 6.20. The Labute approximate surface area is 92.9 Å². The van der Waals surface area contributed by atoms with Crippen molar-refractivity contribution in [1.82, 2.24) is 0 Å². The first kappa shape index (κ1) is 9.46. The van der Waals surface area contributed by atoms with Gasteiger partial charge in [0.15, 0.2) is 0 Å². The highest BCUT2D eigenvalue weighted by atomic mass is 127. The Morgan fingerprint density at radius 3 is 3.00 bits per heavy atom. The standard InChI is InChI=1S/C11H14IN/c1-7-5-6-8-9(11(7)12)3-2-4-10(8)13/h5-6,10H,2-4,13H2,1H3. The van der Waals surface area contributed by atoms with Crippen LogP contribution in [-0.2, 0) is 6.42 Å². The van der Waals surface area contributed by atoms with Crippen molar-refractivity contribution in [1.29, 1.82) is 0 Å². The number of nitrogens with two attached hydrogens (primary N) is 1. The Balaban J connectivity index is 2.56. The van der Waals surface area contributed by atoms with Gasteiger partial charge in [-0.15, -0.1) is 0 Å². The fraction of sp³-hybridized carbons (Fsp3) is 0.455. The van der Waals surface area contributed by atoms with Gasteiger partial charge < -0.3 is 5.73 Å². The van der Waals surface area contributed by atoms with Crippen LogP contribution in [0.5, 0.6) is 0 Å². The zero-order valence-corrected chi connectivity index (χ0v) is 9.97. The molecule has 13 heavy (non-hydrogen) atoms. The molecular weight excluding hydrogens is 273 g/mol. The van der Waals surface area contributed by atoms with Crippen LogP contribution in [0.1, 0.15) is 35.6 Å². The van der Waals surface area contributed by atoms with E-state index in [-0.39, 0.29) is 6.04 Å². The van der Waals surface area contributed by atoms with E-state index in [0.717, 1.165) is 6.42 Å². The van der Waals surface area contributed by atoms with E-state index < -0.39 is 0 Å². The van der Waals surface area contributed by atoms with Gasteiger partial charge in [0.1, 0.15) is 0 Å². The van der Waals surface area contributed by atoms with Crippen LogP contribution in [0.2, 0.25) is 0 Å². The van der Waals surface area contributed by atoms with Crippen molar-refractivity contribution in [2.75, 3.05) is 0 Å². The molecule has 0 radical (unpaired) electrons. The molecule has 2 heteroatoms. The fourth-order valence-electron chi connectivity index (χ4n) is 2.01. The van der Waals surface area contributed by atoms with Crippen LogP contribution in [0, 0.1) is 10.5 Å². The zero-order valence-electron chi connectivity index (χ0n) is 7.81. The van der Waals surface area contributed by atoms with Crippen LogP contribution >= 0.6 is 22.6 Å². The molecule has 0 heterocycles. The summed E-state index contributed by atoms with van der Waals surface area (Å²) in [4.78, 5) is 0. The highest BCUT2D eigenvalue weighted by Gasteiger charge is 2.18. The molecule has 1 unspecified atom stereocenters. The summed E-state index contributed by atoms with van der Waals surface area (Å²) in [5.74, 6) is 0. The molecule has 0 spiro atoms. The van der Waals surface area contributed by atoms with Crippen LogP contribution < -0.4 is 5.73 Å². The maximum atomic E-state index is 6.06. The average Bonchev–Trinajstić information content (AvgIpc) is 2.12. The number of aryl methyl sites for hydroxylation is 1. The molecule has 1 aliphatic rings. The third kappa shape index (κ3) is 1.62. The molecule has 0 amide bonds. The Morgan fingerprint density at radius 1 is 1.46 bits per heavy atom. The second-order valence-electron chi connectivity index (χ2n) is 3.76. The van der Waals surface area contributed by atoms with E-state index >= 15 is 0 Å². The number of benzene rings is 1. The molecule has 70 valence electrons. The Hall–Kier alpha value is -0.0900. The molecule has 1 aromatic carbocycles. The number of rotatable bonds is 0. The van der Waals surface area contributed by atoms with Crippen molar-refractivity contribution < 1.29 is 0 Å². The Kier molecular flexibility index (Phi) is 2.60. The Bertz CT molecular complexity index is 333. The van der Waals surface area contributed by atoms with Crippen molar-refractivity contribution in [3.05, 3.63) is 32.4 Å². The third-order valence-electron chi connectivity index (χ3n) is 2.81. The Morgan fingerprint density at radius 2 is 2.23 bits per heavy atom. The quantitative estimate of drug-likeness (QED) is 0.729. The van der Waals surface area contributed by atoms with Gasteiger partial charge in [-0.2, -0.15) is 0 Å². The smallest absolute Gasteiger partial charge is 0.0298 e. The summed E-state index contributed by atoms with van der Waals surface area (Å²) in [6, 6.07) is 4.67. The number of halogens is 1. The molecule has 0 aliphatic heterocycles. The molecular formula is C11H14IN. The molecule has 1 aromatic rings. The summed E-state index contributed by atoms with van der Waals surface area (Å²) < 4.78 is 1.42. The van der Waals surface area contributed by atoms with E-state index in [1.54, 1.807) is 0 Å². The van der Waals surface area contributed by atoms with Gasteiger partial charge >= 0.3 is 0 Å². The van der Waals surface area contributed by atoms with Gasteiger partial charge in [0.2, 0.25) is 0 Å². The number of hydrogen-bond donors (Lipinski definition) is 1. The molecule has 2 rings (SSSR count). The summed E-state index contributed by atoms with van der Waals surface area (Å²) in [7, 11) is 0. The lowest BCUT2D eigenvalue weighted by molar-refractivity contribution is 0.568. The highest BCUT2D eigenvalue weighted by Crippen LogP contribution is 2.32. The third-order valence-corrected chi connectivity index (χ3v) is 4.32. The van der Waals surface area contributed by atoms with Crippen molar-refractivity contribution in [2.24, 2.45) is 5.73 Å². The second kappa shape index (κ2) is 3.58. The molecule has 1 atom stereocenters. The molecule has 0 bridgehead atoms. The van der Waals surface area contributed by atoms with Gasteiger partial charge in [-0.1, -0.05) is 12.1 Å². The molecule has 0 saturated carbocycles. The van der Waals surface area contributed by atoms with Crippen molar-refractivity contribution >= 4 is 22.6 Å². The molecule has 0 aromatic heterocycles. The maximum absolute atomic E-state index is 6.06. The van der Waals surface area contributed by atoms with E-state index in [2.05, 4.69) is 41.6 Å². The summed E-state index contributed by atoms with van der Waals surface area (Å²) >= 11 is 2.44. The number of hydrogen-bond acceptors (Lipinski definition) is 1. The molecule has 0 fully saturated rings. The minimum Gasteiger partial charge on any atom is -0.324 e. The summed E-state index contributed by atoms with van der Waals surface area (Å²) in [5.41, 5.74) is 10.3. The summed E-state index contributed by atoms with van der Waals surface area (Å²) in [5, 5.41) is 0. The average molecular weight is 287 g/mol. The van der Waals surface area contributed by atoms with Crippen LogP contribution in [0.15, 0.2) is 12.1 Å². The minimum atomic E-state index is 0.276. The van der Waals surface area contributed by atoms with Gasteiger partial charge in [-0.3, -0.25) is 0 Å². The van der Waals surface area contributed by atoms with Crippen molar-refractivity contribution in [2.45, 2.75) is 32.2 Å². The van der Waals surface area contributed by atoms with Gasteiger partial charge in [-0.05, 0) is 65.5 Å². The van der Waals surface area contributed by atoms with Gasteiger partial charge in [0.05, 0.1) is 0 Å². The minimum absolute atomic E-state index is 0.276. The lowest BCUT2D eigenvalue weighted by Gasteiger charge is -2.24. The van der Waals surface area contributed by atoms with Gasteiger partial charge in [0, 0.05) is 9.61 Å². The van der Waals surface area contributed by atoms with Crippen molar-refractivity contribution in [3.8, 4) is 0 Å². The molecule has 1 nitrogen and oxygen atoms in total. The number of fused-ring (bicyclic) bond motifs is 1. The summed E-state index contributed by atoms with van der Waals surface area (Å²) in [6.07, 6.45) is 3.60. The molecule has 0 saturated heterocycles. The SMILES string of the molecule is Cc1ccc2c(c1I)CCCC2N. The second-order valence-corrected chi connectivity index (χ2v) is 4.84. The lowest BCUT2D eigenvalue weighted by Crippen LogP contribution is -2.18. The van der Waals surface area contributed by atoms with Gasteiger partial charge in [0.25, 0.3) is 0 Å². The largest absolute Gasteiger partial charge is 0.324 e. The van der Waals surface area contributed by atoms with E-state index in [4.69, 9.17) is 5.73 Å². The monoisotopic (exact) mass is 287 g/mol.